The summed E-state index contributed by atoms with van der Waals surface area (Å²) in [5.74, 6) is -8.05. The lowest BCUT2D eigenvalue weighted by Crippen LogP contribution is -2.42. The number of amides is 1. The SMILES string of the molecule is CS(=O)(=O)N(OC(=O)C(F)(F)F)C(=O)c1cc(C2CC2)c(CN2CCC(Oc3cc(C(F)(F)F)cc(Cl)c3F)CC2)cc1F. The summed E-state index contributed by atoms with van der Waals surface area (Å²) in [6, 6.07) is 2.93. The van der Waals surface area contributed by atoms with E-state index in [0.29, 0.717) is 55.4 Å². The number of hydrogen-bond donors (Lipinski definition) is 0. The van der Waals surface area contributed by atoms with Crippen LogP contribution in [-0.2, 0) is 32.4 Å². The van der Waals surface area contributed by atoms with E-state index < -0.39 is 78.4 Å². The molecule has 18 heteroatoms. The number of halogens is 9. The van der Waals surface area contributed by atoms with Crippen LogP contribution >= 0.6 is 11.6 Å². The van der Waals surface area contributed by atoms with Gasteiger partial charge in [-0.15, -0.1) is 0 Å². The van der Waals surface area contributed by atoms with Crippen molar-refractivity contribution in [1.29, 1.82) is 0 Å². The van der Waals surface area contributed by atoms with E-state index in [2.05, 4.69) is 4.84 Å². The topological polar surface area (TPSA) is 93.2 Å². The summed E-state index contributed by atoms with van der Waals surface area (Å²) in [5.41, 5.74) is -1.27. The molecule has 2 aliphatic rings. The third kappa shape index (κ3) is 7.90. The van der Waals surface area contributed by atoms with E-state index in [1.165, 1.54) is 0 Å². The summed E-state index contributed by atoms with van der Waals surface area (Å²) in [7, 11) is -4.91. The van der Waals surface area contributed by atoms with E-state index in [4.69, 9.17) is 16.3 Å². The monoisotopic (exact) mass is 678 g/mol. The smallest absolute Gasteiger partial charge is 0.487 e. The lowest BCUT2D eigenvalue weighted by atomic mass is 9.97. The van der Waals surface area contributed by atoms with Gasteiger partial charge in [-0.3, -0.25) is 9.69 Å². The Morgan fingerprint density at radius 3 is 2.14 bits per heavy atom. The summed E-state index contributed by atoms with van der Waals surface area (Å²) in [5, 5.41) is -0.748. The first-order valence-electron chi connectivity index (χ1n) is 12.9. The molecule has 2 aromatic carbocycles. The van der Waals surface area contributed by atoms with Gasteiger partial charge in [0.2, 0.25) is 0 Å². The summed E-state index contributed by atoms with van der Waals surface area (Å²) >= 11 is 5.61. The van der Waals surface area contributed by atoms with Crippen LogP contribution in [0.3, 0.4) is 0 Å². The number of rotatable bonds is 7. The fourth-order valence-corrected chi connectivity index (χ4v) is 5.42. The number of benzene rings is 2. The van der Waals surface area contributed by atoms with Crippen molar-refractivity contribution in [1.82, 2.24) is 9.37 Å². The molecule has 0 atom stereocenters. The highest BCUT2D eigenvalue weighted by Crippen LogP contribution is 2.43. The fourth-order valence-electron chi connectivity index (χ4n) is 4.61. The van der Waals surface area contributed by atoms with E-state index in [9.17, 15) is 48.7 Å². The van der Waals surface area contributed by atoms with Crippen molar-refractivity contribution < 1.29 is 62.7 Å². The average molecular weight is 679 g/mol. The molecule has 242 valence electrons. The molecule has 1 heterocycles. The highest BCUT2D eigenvalue weighted by Gasteiger charge is 2.46. The molecule has 1 amide bonds. The van der Waals surface area contributed by atoms with Crippen molar-refractivity contribution in [2.24, 2.45) is 0 Å². The normalized spacial score (nSPS) is 17.0. The molecule has 1 aliphatic heterocycles. The number of nitrogens with zero attached hydrogens (tertiary/aromatic N) is 2. The van der Waals surface area contributed by atoms with Gasteiger partial charge in [0.05, 0.1) is 22.4 Å². The van der Waals surface area contributed by atoms with Gasteiger partial charge in [-0.05, 0) is 67.0 Å². The molecular formula is C26H23ClF8N2O6S. The molecule has 2 fully saturated rings. The average Bonchev–Trinajstić information content (AvgIpc) is 3.74. The van der Waals surface area contributed by atoms with Crippen molar-refractivity contribution in [3.63, 3.8) is 0 Å². The van der Waals surface area contributed by atoms with Gasteiger partial charge in [0.1, 0.15) is 11.9 Å². The highest BCUT2D eigenvalue weighted by atomic mass is 35.5. The van der Waals surface area contributed by atoms with E-state index in [0.717, 1.165) is 12.1 Å². The zero-order chi connectivity index (χ0) is 32.8. The van der Waals surface area contributed by atoms with Gasteiger partial charge >= 0.3 is 24.2 Å². The Morgan fingerprint density at radius 2 is 1.61 bits per heavy atom. The number of hydroxylamine groups is 1. The summed E-state index contributed by atoms with van der Waals surface area (Å²) in [6.45, 7) is 0.702. The fraction of sp³-hybridized carbons (Fsp3) is 0.462. The number of alkyl halides is 6. The van der Waals surface area contributed by atoms with Crippen molar-refractivity contribution in [3.8, 4) is 5.75 Å². The second-order valence-corrected chi connectivity index (χ2v) is 12.5. The van der Waals surface area contributed by atoms with Gasteiger partial charge in [0.15, 0.2) is 11.6 Å². The van der Waals surface area contributed by atoms with Gasteiger partial charge in [0.25, 0.3) is 10.0 Å². The highest BCUT2D eigenvalue weighted by molar-refractivity contribution is 7.88. The predicted molar refractivity (Wildman–Crippen MR) is 137 cm³/mol. The standard InChI is InChI=1S/C26H23ClF8N2O6S/c1-44(40,41)37(43-24(39)26(33,34)35)23(38)18-11-17(13-2-3-13)14(8-20(18)28)12-36-6-4-16(5-7-36)42-21-10-15(25(30,31)32)9-19(27)22(21)29/h8-11,13,16H,2-7,12H2,1H3. The Morgan fingerprint density at radius 1 is 1.00 bits per heavy atom. The summed E-state index contributed by atoms with van der Waals surface area (Å²) in [6.07, 6.45) is -9.02. The molecule has 0 bridgehead atoms. The lowest BCUT2D eigenvalue weighted by Gasteiger charge is -2.33. The maximum absolute atomic E-state index is 15.2. The van der Waals surface area contributed by atoms with Crippen LogP contribution in [0.5, 0.6) is 5.75 Å². The summed E-state index contributed by atoms with van der Waals surface area (Å²) < 4.78 is 135. The Bertz CT molecular complexity index is 1550. The van der Waals surface area contributed by atoms with Crippen LogP contribution in [0.2, 0.25) is 5.02 Å². The maximum atomic E-state index is 15.2. The van der Waals surface area contributed by atoms with E-state index >= 15 is 4.39 Å². The zero-order valence-electron chi connectivity index (χ0n) is 22.6. The van der Waals surface area contributed by atoms with Gasteiger partial charge < -0.3 is 9.57 Å². The number of carbonyl (C=O) groups excluding carboxylic acids is 2. The molecule has 0 N–H and O–H groups in total. The number of hydrogen-bond acceptors (Lipinski definition) is 7. The Labute approximate surface area is 250 Å². The minimum absolute atomic E-state index is 0.118. The van der Waals surface area contributed by atoms with Crippen LogP contribution in [0.4, 0.5) is 35.1 Å². The van der Waals surface area contributed by atoms with Crippen LogP contribution < -0.4 is 4.74 Å². The Kier molecular flexibility index (Phi) is 9.43. The molecular weight excluding hydrogens is 656 g/mol. The predicted octanol–water partition coefficient (Wildman–Crippen LogP) is 5.98. The molecule has 0 spiro atoms. The summed E-state index contributed by atoms with van der Waals surface area (Å²) in [4.78, 5) is 29.7. The number of ether oxygens (including phenoxy) is 1. The second kappa shape index (κ2) is 12.3. The number of carbonyl (C=O) groups is 2. The van der Waals surface area contributed by atoms with Crippen LogP contribution in [-0.4, -0.2) is 61.3 Å². The minimum Gasteiger partial charge on any atom is -0.487 e. The van der Waals surface area contributed by atoms with E-state index in [1.807, 2.05) is 4.90 Å². The van der Waals surface area contributed by atoms with Crippen LogP contribution in [0.25, 0.3) is 0 Å². The molecule has 0 unspecified atom stereocenters. The molecule has 8 nitrogen and oxygen atoms in total. The zero-order valence-corrected chi connectivity index (χ0v) is 24.1. The minimum atomic E-state index is -5.64. The van der Waals surface area contributed by atoms with Gasteiger partial charge in [-0.2, -0.15) is 26.3 Å². The van der Waals surface area contributed by atoms with Crippen molar-refractivity contribution in [3.05, 3.63) is 63.2 Å². The molecule has 1 aliphatic carbocycles. The quantitative estimate of drug-likeness (QED) is 0.263. The first-order chi connectivity index (χ1) is 20.3. The molecule has 1 saturated carbocycles. The third-order valence-electron chi connectivity index (χ3n) is 6.89. The molecule has 0 radical (unpaired) electrons. The molecule has 1 saturated heterocycles. The van der Waals surface area contributed by atoms with Crippen LogP contribution in [0.1, 0.15) is 58.6 Å². The maximum Gasteiger partial charge on any atom is 0.493 e. The van der Waals surface area contributed by atoms with Crippen molar-refractivity contribution >= 4 is 33.5 Å². The van der Waals surface area contributed by atoms with Gasteiger partial charge in [0, 0.05) is 19.6 Å². The lowest BCUT2D eigenvalue weighted by molar-refractivity contribution is -0.216. The third-order valence-corrected chi connectivity index (χ3v) is 8.00. The van der Waals surface area contributed by atoms with Gasteiger partial charge in [-0.1, -0.05) is 16.1 Å². The number of piperidine rings is 1. The Balaban J connectivity index is 1.49. The van der Waals surface area contributed by atoms with Crippen molar-refractivity contribution in [2.75, 3.05) is 19.3 Å². The molecule has 44 heavy (non-hydrogen) atoms. The molecule has 4 rings (SSSR count). The molecule has 0 aromatic heterocycles. The first-order valence-corrected chi connectivity index (χ1v) is 15.1. The second-order valence-electron chi connectivity index (χ2n) is 10.3. The number of sulfonamides is 1. The van der Waals surface area contributed by atoms with E-state index in [1.54, 1.807) is 0 Å². The van der Waals surface area contributed by atoms with E-state index in [-0.39, 0.29) is 25.3 Å². The largest absolute Gasteiger partial charge is 0.493 e. The first kappa shape index (κ1) is 33.7. The number of likely N-dealkylation sites (tertiary alicyclic amines) is 1. The van der Waals surface area contributed by atoms with Crippen molar-refractivity contribution in [2.45, 2.75) is 56.6 Å². The van der Waals surface area contributed by atoms with Crippen LogP contribution in [0, 0.1) is 11.6 Å². The molecule has 2 aromatic rings. The Hall–Kier alpha value is -3.18. The van der Waals surface area contributed by atoms with Crippen LogP contribution in [0.15, 0.2) is 24.3 Å². The van der Waals surface area contributed by atoms with Gasteiger partial charge in [-0.25, -0.2) is 22.0 Å².